The number of carbonyl (C=O) groups is 2. The Morgan fingerprint density at radius 2 is 2.06 bits per heavy atom. The van der Waals surface area contributed by atoms with Crippen LogP contribution < -0.4 is 0 Å². The molecule has 0 spiro atoms. The largest absolute Gasteiger partial charge is 0.465 e. The molecule has 0 amide bonds. The number of carbonyl (C=O) groups excluding carboxylic acids is 2. The summed E-state index contributed by atoms with van der Waals surface area (Å²) >= 11 is 0. The Labute approximate surface area is 94.6 Å². The van der Waals surface area contributed by atoms with Gasteiger partial charge < -0.3 is 9.47 Å². The molecule has 0 aromatic carbocycles. The number of hydrogen-bond acceptors (Lipinski definition) is 5. The van der Waals surface area contributed by atoms with Crippen LogP contribution in [-0.2, 0) is 19.1 Å². The topological polar surface area (TPSA) is 76.4 Å². The van der Waals surface area contributed by atoms with Gasteiger partial charge in [0.15, 0.2) is 5.92 Å². The van der Waals surface area contributed by atoms with E-state index in [4.69, 9.17) is 10.00 Å². The van der Waals surface area contributed by atoms with E-state index in [0.29, 0.717) is 0 Å². The molecule has 0 rings (SSSR count). The molecule has 0 fully saturated rings. The van der Waals surface area contributed by atoms with Crippen molar-refractivity contribution in [1.29, 1.82) is 5.26 Å². The van der Waals surface area contributed by atoms with Crippen LogP contribution in [0.3, 0.4) is 0 Å². The van der Waals surface area contributed by atoms with Gasteiger partial charge in [0.2, 0.25) is 0 Å². The van der Waals surface area contributed by atoms with Crippen LogP contribution in [0, 0.1) is 23.2 Å². The number of ether oxygens (including phenoxy) is 2. The first kappa shape index (κ1) is 14.2. The first-order chi connectivity index (χ1) is 7.58. The van der Waals surface area contributed by atoms with Crippen molar-refractivity contribution in [3.8, 4) is 6.07 Å². The molecule has 0 aliphatic heterocycles. The Hall–Kier alpha value is -1.83. The van der Waals surface area contributed by atoms with Crippen molar-refractivity contribution >= 4 is 11.9 Å². The molecule has 1 unspecified atom stereocenters. The van der Waals surface area contributed by atoms with E-state index in [1.54, 1.807) is 13.0 Å². The van der Waals surface area contributed by atoms with E-state index in [0.717, 1.165) is 0 Å². The maximum absolute atomic E-state index is 11.4. The molecule has 0 aliphatic carbocycles. The second-order valence-electron chi connectivity index (χ2n) is 3.07. The van der Waals surface area contributed by atoms with Gasteiger partial charge >= 0.3 is 11.9 Å². The summed E-state index contributed by atoms with van der Waals surface area (Å²) in [7, 11) is 0. The van der Waals surface area contributed by atoms with Crippen LogP contribution >= 0.6 is 0 Å². The Balaban J connectivity index is 4.47. The molecule has 2 atom stereocenters. The second kappa shape index (κ2) is 7.46. The van der Waals surface area contributed by atoms with Gasteiger partial charge in [0.25, 0.3) is 0 Å². The molecule has 5 heteroatoms. The lowest BCUT2D eigenvalue weighted by atomic mass is 9.96. The number of hydrogen-bond donors (Lipinski definition) is 0. The molecule has 0 N–H and O–H groups in total. The normalized spacial score (nSPS) is 13.1. The molecule has 5 nitrogen and oxygen atoms in total. The maximum Gasteiger partial charge on any atom is 0.324 e. The van der Waals surface area contributed by atoms with Gasteiger partial charge in [0.05, 0.1) is 18.6 Å². The summed E-state index contributed by atoms with van der Waals surface area (Å²) in [6, 6.07) is 1.74. The molecule has 0 aromatic heterocycles. The SMILES string of the molecule is C=CCOC(=O)[C@@H](C)C(C#N)C(=O)OCC. The monoisotopic (exact) mass is 225 g/mol. The van der Waals surface area contributed by atoms with Crippen LogP contribution in [0.2, 0.25) is 0 Å². The van der Waals surface area contributed by atoms with Crippen LogP contribution in [0.25, 0.3) is 0 Å². The third kappa shape index (κ3) is 4.13. The molecule has 0 saturated heterocycles. The van der Waals surface area contributed by atoms with Gasteiger partial charge in [-0.2, -0.15) is 5.26 Å². The van der Waals surface area contributed by atoms with Gasteiger partial charge in [0.1, 0.15) is 6.61 Å². The number of esters is 2. The highest BCUT2D eigenvalue weighted by molar-refractivity contribution is 5.83. The summed E-state index contributed by atoms with van der Waals surface area (Å²) in [4.78, 5) is 22.7. The molecule has 0 aromatic rings. The summed E-state index contributed by atoms with van der Waals surface area (Å²) in [6.07, 6.45) is 1.41. The molecule has 88 valence electrons. The standard InChI is InChI=1S/C11H15NO4/c1-4-6-16-10(13)8(3)9(7-12)11(14)15-5-2/h4,8-9H,1,5-6H2,2-3H3/t8-,9?/m0/s1. The molecule has 0 aliphatic rings. The molecule has 16 heavy (non-hydrogen) atoms. The highest BCUT2D eigenvalue weighted by atomic mass is 16.5. The predicted octanol–water partition coefficient (Wildman–Crippen LogP) is 1.05. The van der Waals surface area contributed by atoms with E-state index in [9.17, 15) is 9.59 Å². The van der Waals surface area contributed by atoms with E-state index in [2.05, 4.69) is 11.3 Å². The first-order valence-corrected chi connectivity index (χ1v) is 4.92. The number of rotatable bonds is 6. The minimum atomic E-state index is -1.13. The summed E-state index contributed by atoms with van der Waals surface area (Å²) in [5.74, 6) is -3.28. The number of nitriles is 1. The lowest BCUT2D eigenvalue weighted by molar-refractivity contribution is -0.156. The molecule has 0 heterocycles. The minimum absolute atomic E-state index is 0.0597. The predicted molar refractivity (Wildman–Crippen MR) is 56.1 cm³/mol. The van der Waals surface area contributed by atoms with E-state index < -0.39 is 23.8 Å². The van der Waals surface area contributed by atoms with Crippen molar-refractivity contribution in [2.75, 3.05) is 13.2 Å². The molecule has 0 saturated carbocycles. The third-order valence-electron chi connectivity index (χ3n) is 1.89. The van der Waals surface area contributed by atoms with Gasteiger partial charge in [0, 0.05) is 0 Å². The van der Waals surface area contributed by atoms with Gasteiger partial charge in [-0.05, 0) is 6.92 Å². The zero-order valence-electron chi connectivity index (χ0n) is 9.43. The van der Waals surface area contributed by atoms with Crippen molar-refractivity contribution in [2.24, 2.45) is 11.8 Å². The first-order valence-electron chi connectivity index (χ1n) is 4.92. The Kier molecular flexibility index (Phi) is 6.61. The van der Waals surface area contributed by atoms with Crippen LogP contribution in [0.15, 0.2) is 12.7 Å². The van der Waals surface area contributed by atoms with E-state index in [1.165, 1.54) is 13.0 Å². The fourth-order valence-corrected chi connectivity index (χ4v) is 1.01. The highest BCUT2D eigenvalue weighted by Gasteiger charge is 2.32. The van der Waals surface area contributed by atoms with Gasteiger partial charge in [-0.15, -0.1) is 0 Å². The van der Waals surface area contributed by atoms with E-state index in [-0.39, 0.29) is 13.2 Å². The fourth-order valence-electron chi connectivity index (χ4n) is 1.01. The maximum atomic E-state index is 11.4. The lowest BCUT2D eigenvalue weighted by Gasteiger charge is -2.14. The third-order valence-corrected chi connectivity index (χ3v) is 1.89. The molecular formula is C11H15NO4. The lowest BCUT2D eigenvalue weighted by Crippen LogP contribution is -2.29. The van der Waals surface area contributed by atoms with Gasteiger partial charge in [-0.25, -0.2) is 0 Å². The van der Waals surface area contributed by atoms with E-state index >= 15 is 0 Å². The fraction of sp³-hybridized carbons (Fsp3) is 0.545. The Morgan fingerprint density at radius 3 is 2.50 bits per heavy atom. The van der Waals surface area contributed by atoms with Crippen molar-refractivity contribution in [2.45, 2.75) is 13.8 Å². The number of nitrogens with zero attached hydrogens (tertiary/aromatic N) is 1. The molecule has 0 bridgehead atoms. The van der Waals surface area contributed by atoms with Crippen LogP contribution in [0.1, 0.15) is 13.8 Å². The zero-order valence-corrected chi connectivity index (χ0v) is 9.43. The minimum Gasteiger partial charge on any atom is -0.465 e. The Morgan fingerprint density at radius 1 is 1.44 bits per heavy atom. The van der Waals surface area contributed by atoms with Crippen molar-refractivity contribution in [3.05, 3.63) is 12.7 Å². The van der Waals surface area contributed by atoms with Crippen LogP contribution in [-0.4, -0.2) is 25.2 Å². The highest BCUT2D eigenvalue weighted by Crippen LogP contribution is 2.14. The summed E-state index contributed by atoms with van der Waals surface area (Å²) in [6.45, 7) is 6.71. The van der Waals surface area contributed by atoms with E-state index in [1.807, 2.05) is 0 Å². The summed E-state index contributed by atoms with van der Waals surface area (Å²) < 4.78 is 9.43. The van der Waals surface area contributed by atoms with Crippen molar-refractivity contribution in [3.63, 3.8) is 0 Å². The average molecular weight is 225 g/mol. The Bertz CT molecular complexity index is 306. The molecular weight excluding hydrogens is 210 g/mol. The second-order valence-corrected chi connectivity index (χ2v) is 3.07. The van der Waals surface area contributed by atoms with Crippen LogP contribution in [0.4, 0.5) is 0 Å². The van der Waals surface area contributed by atoms with Gasteiger partial charge in [-0.1, -0.05) is 19.6 Å². The average Bonchev–Trinajstić information content (AvgIpc) is 2.27. The molecule has 0 radical (unpaired) electrons. The zero-order chi connectivity index (χ0) is 12.6. The van der Waals surface area contributed by atoms with Crippen molar-refractivity contribution in [1.82, 2.24) is 0 Å². The van der Waals surface area contributed by atoms with Crippen molar-refractivity contribution < 1.29 is 19.1 Å². The quantitative estimate of drug-likeness (QED) is 0.499. The summed E-state index contributed by atoms with van der Waals surface area (Å²) in [5, 5.41) is 8.79. The summed E-state index contributed by atoms with van der Waals surface area (Å²) in [5.41, 5.74) is 0. The van der Waals surface area contributed by atoms with Gasteiger partial charge in [-0.3, -0.25) is 9.59 Å². The van der Waals surface area contributed by atoms with Crippen LogP contribution in [0.5, 0.6) is 0 Å². The smallest absolute Gasteiger partial charge is 0.324 e.